The molecule has 0 amide bonds. The highest BCUT2D eigenvalue weighted by atomic mass is 35.5. The largest absolute Gasteiger partial charge is 0.381 e. The first-order valence-electron chi connectivity index (χ1n) is 7.13. The van der Waals surface area contributed by atoms with Gasteiger partial charge in [-0.05, 0) is 56.9 Å². The van der Waals surface area contributed by atoms with Gasteiger partial charge in [-0.1, -0.05) is 47.5 Å². The fourth-order valence-corrected chi connectivity index (χ4v) is 2.51. The predicted octanol–water partition coefficient (Wildman–Crippen LogP) is 5.39. The van der Waals surface area contributed by atoms with E-state index in [2.05, 4.69) is 56.4 Å². The van der Waals surface area contributed by atoms with Gasteiger partial charge in [-0.3, -0.25) is 0 Å². The summed E-state index contributed by atoms with van der Waals surface area (Å²) in [5, 5.41) is 4.29. The Balaban J connectivity index is 1.92. The molecule has 0 saturated heterocycles. The van der Waals surface area contributed by atoms with Crippen LogP contribution in [-0.4, -0.2) is 6.04 Å². The molecule has 0 aliphatic carbocycles. The lowest BCUT2D eigenvalue weighted by atomic mass is 10.0. The Hall–Kier alpha value is -1.47. The standard InChI is InChI=1S/C18H22ClN/c1-13-5-4-6-16(11-13)9-8-15(3)20-18-12-14(2)7-10-17(18)19/h4-7,10-12,15,20H,8-9H2,1-3H3. The van der Waals surface area contributed by atoms with Gasteiger partial charge in [-0.2, -0.15) is 0 Å². The number of aryl methyl sites for hydroxylation is 3. The molecule has 2 heteroatoms. The molecule has 2 aromatic carbocycles. The van der Waals surface area contributed by atoms with Crippen molar-refractivity contribution in [1.29, 1.82) is 0 Å². The Labute approximate surface area is 127 Å². The molecule has 106 valence electrons. The highest BCUT2D eigenvalue weighted by molar-refractivity contribution is 6.33. The molecule has 1 atom stereocenters. The van der Waals surface area contributed by atoms with Crippen molar-refractivity contribution in [1.82, 2.24) is 0 Å². The van der Waals surface area contributed by atoms with Crippen molar-refractivity contribution in [2.24, 2.45) is 0 Å². The van der Waals surface area contributed by atoms with E-state index < -0.39 is 0 Å². The van der Waals surface area contributed by atoms with Crippen LogP contribution < -0.4 is 5.32 Å². The van der Waals surface area contributed by atoms with Crippen LogP contribution in [0.1, 0.15) is 30.0 Å². The molecule has 2 aromatic rings. The Kier molecular flexibility index (Phi) is 5.08. The average molecular weight is 288 g/mol. The predicted molar refractivity (Wildman–Crippen MR) is 88.8 cm³/mol. The van der Waals surface area contributed by atoms with E-state index in [4.69, 9.17) is 11.6 Å². The van der Waals surface area contributed by atoms with Crippen molar-refractivity contribution in [3.8, 4) is 0 Å². The van der Waals surface area contributed by atoms with Crippen molar-refractivity contribution >= 4 is 17.3 Å². The first-order valence-corrected chi connectivity index (χ1v) is 7.50. The van der Waals surface area contributed by atoms with Crippen LogP contribution in [0.2, 0.25) is 5.02 Å². The fraction of sp³-hybridized carbons (Fsp3) is 0.333. The molecule has 0 aromatic heterocycles. The number of halogens is 1. The third kappa shape index (κ3) is 4.28. The lowest BCUT2D eigenvalue weighted by molar-refractivity contribution is 0.706. The van der Waals surface area contributed by atoms with Gasteiger partial charge in [0.05, 0.1) is 10.7 Å². The summed E-state index contributed by atoms with van der Waals surface area (Å²) in [6.07, 6.45) is 2.17. The van der Waals surface area contributed by atoms with Crippen molar-refractivity contribution in [2.45, 2.75) is 39.7 Å². The Bertz CT molecular complexity index is 577. The van der Waals surface area contributed by atoms with E-state index in [-0.39, 0.29) is 0 Å². The van der Waals surface area contributed by atoms with Crippen molar-refractivity contribution in [2.75, 3.05) is 5.32 Å². The SMILES string of the molecule is Cc1cccc(CCC(C)Nc2cc(C)ccc2Cl)c1. The van der Waals surface area contributed by atoms with Gasteiger partial charge in [0.2, 0.25) is 0 Å². The Morgan fingerprint density at radius 2 is 1.80 bits per heavy atom. The minimum absolute atomic E-state index is 0.398. The molecule has 0 radical (unpaired) electrons. The van der Waals surface area contributed by atoms with Gasteiger partial charge in [0, 0.05) is 6.04 Å². The van der Waals surface area contributed by atoms with Gasteiger partial charge >= 0.3 is 0 Å². The van der Waals surface area contributed by atoms with Gasteiger partial charge in [-0.15, -0.1) is 0 Å². The second-order valence-corrected chi connectivity index (χ2v) is 5.96. The zero-order valence-electron chi connectivity index (χ0n) is 12.4. The molecule has 0 aliphatic rings. The van der Waals surface area contributed by atoms with Crippen LogP contribution in [0.15, 0.2) is 42.5 Å². The number of hydrogen-bond donors (Lipinski definition) is 1. The van der Waals surface area contributed by atoms with E-state index in [1.807, 2.05) is 12.1 Å². The quantitative estimate of drug-likeness (QED) is 0.777. The first kappa shape index (κ1) is 14.9. The molecular formula is C18H22ClN. The normalized spacial score (nSPS) is 12.2. The third-order valence-electron chi connectivity index (χ3n) is 3.47. The molecule has 1 nitrogen and oxygen atoms in total. The maximum Gasteiger partial charge on any atom is 0.0637 e. The van der Waals surface area contributed by atoms with Crippen molar-refractivity contribution in [3.05, 3.63) is 64.2 Å². The van der Waals surface area contributed by atoms with E-state index in [0.717, 1.165) is 23.6 Å². The number of rotatable bonds is 5. The van der Waals surface area contributed by atoms with Crippen LogP contribution in [0.4, 0.5) is 5.69 Å². The van der Waals surface area contributed by atoms with E-state index in [9.17, 15) is 0 Å². The topological polar surface area (TPSA) is 12.0 Å². The molecule has 0 spiro atoms. The monoisotopic (exact) mass is 287 g/mol. The van der Waals surface area contributed by atoms with Crippen LogP contribution in [0.25, 0.3) is 0 Å². The maximum atomic E-state index is 6.22. The zero-order valence-corrected chi connectivity index (χ0v) is 13.2. The Morgan fingerprint density at radius 3 is 2.55 bits per heavy atom. The van der Waals surface area contributed by atoms with Crippen LogP contribution in [0.3, 0.4) is 0 Å². The molecule has 0 fully saturated rings. The number of hydrogen-bond acceptors (Lipinski definition) is 1. The second kappa shape index (κ2) is 6.81. The average Bonchev–Trinajstić information content (AvgIpc) is 2.41. The summed E-state index contributed by atoms with van der Waals surface area (Å²) in [7, 11) is 0. The Morgan fingerprint density at radius 1 is 1.05 bits per heavy atom. The first-order chi connectivity index (χ1) is 9.54. The molecule has 1 N–H and O–H groups in total. The summed E-state index contributed by atoms with van der Waals surface area (Å²) >= 11 is 6.22. The van der Waals surface area contributed by atoms with Crippen LogP contribution in [0.5, 0.6) is 0 Å². The molecule has 0 heterocycles. The summed E-state index contributed by atoms with van der Waals surface area (Å²) in [6.45, 7) is 6.42. The lowest BCUT2D eigenvalue weighted by Crippen LogP contribution is -2.16. The van der Waals surface area contributed by atoms with Gasteiger partial charge in [0.25, 0.3) is 0 Å². The number of nitrogens with one attached hydrogen (secondary N) is 1. The maximum absolute atomic E-state index is 6.22. The second-order valence-electron chi connectivity index (χ2n) is 5.56. The van der Waals surface area contributed by atoms with E-state index in [1.54, 1.807) is 0 Å². The smallest absolute Gasteiger partial charge is 0.0637 e. The van der Waals surface area contributed by atoms with Gasteiger partial charge in [0.15, 0.2) is 0 Å². The molecule has 2 rings (SSSR count). The minimum Gasteiger partial charge on any atom is -0.381 e. The summed E-state index contributed by atoms with van der Waals surface area (Å²) in [5.41, 5.74) is 4.98. The third-order valence-corrected chi connectivity index (χ3v) is 3.80. The molecule has 20 heavy (non-hydrogen) atoms. The van der Waals surface area contributed by atoms with E-state index in [0.29, 0.717) is 6.04 Å². The van der Waals surface area contributed by atoms with Crippen LogP contribution in [-0.2, 0) is 6.42 Å². The molecule has 0 saturated carbocycles. The van der Waals surface area contributed by atoms with E-state index in [1.165, 1.54) is 16.7 Å². The lowest BCUT2D eigenvalue weighted by Gasteiger charge is -2.17. The highest BCUT2D eigenvalue weighted by Crippen LogP contribution is 2.24. The van der Waals surface area contributed by atoms with Crippen molar-refractivity contribution < 1.29 is 0 Å². The zero-order chi connectivity index (χ0) is 14.5. The summed E-state index contributed by atoms with van der Waals surface area (Å²) in [4.78, 5) is 0. The minimum atomic E-state index is 0.398. The molecular weight excluding hydrogens is 266 g/mol. The van der Waals surface area contributed by atoms with Gasteiger partial charge < -0.3 is 5.32 Å². The summed E-state index contributed by atoms with van der Waals surface area (Å²) in [6, 6.07) is 15.2. The fourth-order valence-electron chi connectivity index (χ4n) is 2.34. The molecule has 0 bridgehead atoms. The molecule has 1 unspecified atom stereocenters. The van der Waals surface area contributed by atoms with Gasteiger partial charge in [0.1, 0.15) is 0 Å². The summed E-state index contributed by atoms with van der Waals surface area (Å²) < 4.78 is 0. The highest BCUT2D eigenvalue weighted by Gasteiger charge is 2.06. The summed E-state index contributed by atoms with van der Waals surface area (Å²) in [5.74, 6) is 0. The van der Waals surface area contributed by atoms with Crippen molar-refractivity contribution in [3.63, 3.8) is 0 Å². The van der Waals surface area contributed by atoms with Gasteiger partial charge in [-0.25, -0.2) is 0 Å². The van der Waals surface area contributed by atoms with E-state index >= 15 is 0 Å². The molecule has 0 aliphatic heterocycles. The number of benzene rings is 2. The number of anilines is 1. The van der Waals surface area contributed by atoms with Crippen LogP contribution >= 0.6 is 11.6 Å². The van der Waals surface area contributed by atoms with Crippen LogP contribution in [0, 0.1) is 13.8 Å².